The van der Waals surface area contributed by atoms with Gasteiger partial charge in [0.2, 0.25) is 0 Å². The van der Waals surface area contributed by atoms with Gasteiger partial charge in [0.1, 0.15) is 0 Å². The molecule has 4 heteroatoms. The van der Waals surface area contributed by atoms with Crippen molar-refractivity contribution in [2.24, 2.45) is 0 Å². The van der Waals surface area contributed by atoms with E-state index in [0.29, 0.717) is 5.56 Å². The Kier molecular flexibility index (Phi) is 5.74. The molecule has 2 atom stereocenters. The maximum Gasteiger partial charge on any atom is 0.338 e. The van der Waals surface area contributed by atoms with Crippen LogP contribution in [0, 0.1) is 13.8 Å². The lowest BCUT2D eigenvalue weighted by Crippen LogP contribution is -2.42. The number of morpholine rings is 1. The van der Waals surface area contributed by atoms with Crippen LogP contribution in [0.25, 0.3) is 0 Å². The zero-order chi connectivity index (χ0) is 18.7. The highest BCUT2D eigenvalue weighted by Gasteiger charge is 2.27. The molecule has 3 rings (SSSR count). The predicted octanol–water partition coefficient (Wildman–Crippen LogP) is 4.05. The number of rotatable bonds is 4. The first-order valence-electron chi connectivity index (χ1n) is 9.09. The summed E-state index contributed by atoms with van der Waals surface area (Å²) in [7, 11) is 1.42. The lowest BCUT2D eigenvalue weighted by molar-refractivity contribution is -0.0814. The number of aryl methyl sites for hydroxylation is 2. The van der Waals surface area contributed by atoms with Crippen molar-refractivity contribution in [3.05, 3.63) is 70.3 Å². The van der Waals surface area contributed by atoms with E-state index in [1.807, 2.05) is 19.9 Å². The predicted molar refractivity (Wildman–Crippen MR) is 102 cm³/mol. The summed E-state index contributed by atoms with van der Waals surface area (Å²) in [4.78, 5) is 14.4. The molecular weight excluding hydrogens is 326 g/mol. The van der Waals surface area contributed by atoms with Gasteiger partial charge in [-0.1, -0.05) is 42.5 Å². The lowest BCUT2D eigenvalue weighted by atomic mass is 9.95. The molecule has 0 saturated carbocycles. The maximum atomic E-state index is 12.0. The Morgan fingerprint density at radius 2 is 1.81 bits per heavy atom. The van der Waals surface area contributed by atoms with E-state index in [4.69, 9.17) is 9.47 Å². The average molecular weight is 353 g/mol. The van der Waals surface area contributed by atoms with E-state index in [9.17, 15) is 4.79 Å². The molecule has 1 saturated heterocycles. The molecule has 0 unspecified atom stereocenters. The van der Waals surface area contributed by atoms with Gasteiger partial charge in [0.05, 0.1) is 24.9 Å². The summed E-state index contributed by atoms with van der Waals surface area (Å²) < 4.78 is 11.1. The molecule has 1 aliphatic heterocycles. The van der Waals surface area contributed by atoms with Crippen LogP contribution < -0.4 is 0 Å². The van der Waals surface area contributed by atoms with Crippen molar-refractivity contribution in [3.8, 4) is 0 Å². The maximum absolute atomic E-state index is 12.0. The van der Waals surface area contributed by atoms with Gasteiger partial charge in [0.25, 0.3) is 0 Å². The van der Waals surface area contributed by atoms with Crippen LogP contribution in [-0.2, 0) is 16.0 Å². The van der Waals surface area contributed by atoms with Crippen molar-refractivity contribution in [3.63, 3.8) is 0 Å². The first kappa shape index (κ1) is 18.6. The van der Waals surface area contributed by atoms with Crippen LogP contribution in [0.4, 0.5) is 0 Å². The highest BCUT2D eigenvalue weighted by Crippen LogP contribution is 2.29. The highest BCUT2D eigenvalue weighted by atomic mass is 16.5. The van der Waals surface area contributed by atoms with Crippen molar-refractivity contribution in [2.45, 2.75) is 39.5 Å². The standard InChI is InChI=1S/C22H27NO3/c1-15-10-19(11-16(2)21(15)22(24)25-4)20-14-23(12-17(3)26-20)13-18-8-6-5-7-9-18/h5-11,17,20H,12-14H2,1-4H3/t17-,20-/m0/s1. The zero-order valence-electron chi connectivity index (χ0n) is 16.0. The topological polar surface area (TPSA) is 38.8 Å². The Hall–Kier alpha value is -2.17. The normalized spacial score (nSPS) is 20.8. The Bertz CT molecular complexity index is 749. The second kappa shape index (κ2) is 8.02. The van der Waals surface area contributed by atoms with Crippen molar-refractivity contribution in [1.82, 2.24) is 4.90 Å². The summed E-state index contributed by atoms with van der Waals surface area (Å²) in [6.45, 7) is 8.71. The van der Waals surface area contributed by atoms with E-state index in [1.165, 1.54) is 12.7 Å². The van der Waals surface area contributed by atoms with Gasteiger partial charge in [-0.2, -0.15) is 0 Å². The summed E-state index contributed by atoms with van der Waals surface area (Å²) in [5.41, 5.74) is 4.96. The van der Waals surface area contributed by atoms with Gasteiger partial charge in [0, 0.05) is 19.6 Å². The molecule has 0 spiro atoms. The van der Waals surface area contributed by atoms with Crippen LogP contribution in [0.2, 0.25) is 0 Å². The second-order valence-electron chi connectivity index (χ2n) is 7.14. The van der Waals surface area contributed by atoms with Crippen molar-refractivity contribution < 1.29 is 14.3 Å². The van der Waals surface area contributed by atoms with Gasteiger partial charge < -0.3 is 9.47 Å². The Morgan fingerprint density at radius 1 is 1.15 bits per heavy atom. The van der Waals surface area contributed by atoms with Crippen molar-refractivity contribution in [1.29, 1.82) is 0 Å². The fourth-order valence-electron chi connectivity index (χ4n) is 3.80. The fraction of sp³-hybridized carbons (Fsp3) is 0.409. The molecule has 138 valence electrons. The number of methoxy groups -OCH3 is 1. The number of esters is 1. The Morgan fingerprint density at radius 3 is 2.42 bits per heavy atom. The van der Waals surface area contributed by atoms with Crippen molar-refractivity contribution in [2.75, 3.05) is 20.2 Å². The van der Waals surface area contributed by atoms with Crippen LogP contribution in [0.3, 0.4) is 0 Å². The number of carbonyl (C=O) groups excluding carboxylic acids is 1. The molecule has 4 nitrogen and oxygen atoms in total. The second-order valence-corrected chi connectivity index (χ2v) is 7.14. The summed E-state index contributed by atoms with van der Waals surface area (Å²) in [6, 6.07) is 14.6. The van der Waals surface area contributed by atoms with Gasteiger partial charge in [0.15, 0.2) is 0 Å². The number of hydrogen-bond donors (Lipinski definition) is 0. The van der Waals surface area contributed by atoms with Gasteiger partial charge >= 0.3 is 5.97 Å². The number of nitrogens with zero attached hydrogens (tertiary/aromatic N) is 1. The molecule has 0 radical (unpaired) electrons. The molecule has 1 aliphatic rings. The average Bonchev–Trinajstić information content (AvgIpc) is 2.61. The van der Waals surface area contributed by atoms with Gasteiger partial charge in [-0.05, 0) is 43.0 Å². The summed E-state index contributed by atoms with van der Waals surface area (Å²) in [5.74, 6) is -0.282. The van der Waals surface area contributed by atoms with Crippen LogP contribution in [0.5, 0.6) is 0 Å². The van der Waals surface area contributed by atoms with E-state index in [-0.39, 0.29) is 18.2 Å². The van der Waals surface area contributed by atoms with Gasteiger partial charge in [-0.15, -0.1) is 0 Å². The SMILES string of the molecule is COC(=O)c1c(C)cc([C@@H]2CN(Cc3ccccc3)C[C@H](C)O2)cc1C. The van der Waals surface area contributed by atoms with Crippen LogP contribution in [0.1, 0.15) is 45.6 Å². The van der Waals surface area contributed by atoms with Crippen molar-refractivity contribution >= 4 is 5.97 Å². The van der Waals surface area contributed by atoms with E-state index >= 15 is 0 Å². The minimum absolute atomic E-state index is 0.00607. The van der Waals surface area contributed by atoms with Crippen LogP contribution in [-0.4, -0.2) is 37.2 Å². The largest absolute Gasteiger partial charge is 0.465 e. The zero-order valence-corrected chi connectivity index (χ0v) is 16.0. The van der Waals surface area contributed by atoms with Crippen LogP contribution in [0.15, 0.2) is 42.5 Å². The van der Waals surface area contributed by atoms with E-state index in [2.05, 4.69) is 48.2 Å². The quantitative estimate of drug-likeness (QED) is 0.777. The molecule has 0 aromatic heterocycles. The minimum Gasteiger partial charge on any atom is -0.465 e. The molecule has 1 fully saturated rings. The molecule has 0 amide bonds. The van der Waals surface area contributed by atoms with E-state index < -0.39 is 0 Å². The first-order chi connectivity index (χ1) is 12.5. The molecule has 2 aromatic rings. The third kappa shape index (κ3) is 4.14. The summed E-state index contributed by atoms with van der Waals surface area (Å²) >= 11 is 0. The molecule has 26 heavy (non-hydrogen) atoms. The van der Waals surface area contributed by atoms with Crippen LogP contribution >= 0.6 is 0 Å². The molecule has 0 aliphatic carbocycles. The molecule has 2 aromatic carbocycles. The molecule has 0 N–H and O–H groups in total. The highest BCUT2D eigenvalue weighted by molar-refractivity contribution is 5.92. The Labute approximate surface area is 155 Å². The van der Waals surface area contributed by atoms with E-state index in [1.54, 1.807) is 0 Å². The number of hydrogen-bond acceptors (Lipinski definition) is 4. The van der Waals surface area contributed by atoms with E-state index in [0.717, 1.165) is 36.3 Å². The number of ether oxygens (including phenoxy) is 2. The Balaban J connectivity index is 1.81. The fourth-order valence-corrected chi connectivity index (χ4v) is 3.80. The lowest BCUT2D eigenvalue weighted by Gasteiger charge is -2.37. The molecule has 0 bridgehead atoms. The third-order valence-electron chi connectivity index (χ3n) is 4.90. The minimum atomic E-state index is -0.282. The third-order valence-corrected chi connectivity index (χ3v) is 4.90. The van der Waals surface area contributed by atoms with Gasteiger partial charge in [-0.3, -0.25) is 4.90 Å². The molecule has 1 heterocycles. The first-order valence-corrected chi connectivity index (χ1v) is 9.09. The summed E-state index contributed by atoms with van der Waals surface area (Å²) in [6.07, 6.45) is 0.171. The molecular formula is C22H27NO3. The summed E-state index contributed by atoms with van der Waals surface area (Å²) in [5, 5.41) is 0. The monoisotopic (exact) mass is 353 g/mol. The number of carbonyl (C=O) groups is 1. The smallest absolute Gasteiger partial charge is 0.338 e. The number of benzene rings is 2. The van der Waals surface area contributed by atoms with Gasteiger partial charge in [-0.25, -0.2) is 4.79 Å².